The molecule has 36 heavy (non-hydrogen) atoms. The summed E-state index contributed by atoms with van der Waals surface area (Å²) in [7, 11) is -3.38. The summed E-state index contributed by atoms with van der Waals surface area (Å²) in [5.41, 5.74) is -0.920. The second-order valence-electron chi connectivity index (χ2n) is 10.9. The number of hydrogen-bond donors (Lipinski definition) is 1. The lowest BCUT2D eigenvalue weighted by Crippen LogP contribution is -2.50. The van der Waals surface area contributed by atoms with Crippen LogP contribution in [0.3, 0.4) is 0 Å². The summed E-state index contributed by atoms with van der Waals surface area (Å²) in [6.07, 6.45) is 0.494. The van der Waals surface area contributed by atoms with Gasteiger partial charge < -0.3 is 24.4 Å². The zero-order chi connectivity index (χ0) is 27.6. The Morgan fingerprint density at radius 2 is 1.08 bits per heavy atom. The third kappa shape index (κ3) is 14.8. The molecule has 2 heterocycles. The zero-order valence-corrected chi connectivity index (χ0v) is 23.8. The Labute approximate surface area is 216 Å². The molecule has 2 amide bonds. The number of carbonyl (C=O) groups excluding carboxylic acids is 2. The summed E-state index contributed by atoms with van der Waals surface area (Å²) in [4.78, 5) is 31.1. The molecule has 1 N–H and O–H groups in total. The fourth-order valence-electron chi connectivity index (χ4n) is 3.42. The van der Waals surface area contributed by atoms with Gasteiger partial charge in [-0.15, -0.1) is 0 Å². The maximum absolute atomic E-state index is 11.8. The molecule has 0 spiro atoms. The number of aliphatic hydroxyl groups is 1. The number of amides is 2. The highest BCUT2D eigenvalue weighted by atomic mass is 32.2. The fraction of sp³-hybridized carbons (Fsp3) is 0.913. The molecule has 0 bridgehead atoms. The van der Waals surface area contributed by atoms with Crippen molar-refractivity contribution in [2.75, 3.05) is 84.9 Å². The van der Waals surface area contributed by atoms with Crippen molar-refractivity contribution in [2.45, 2.75) is 52.7 Å². The van der Waals surface area contributed by atoms with Gasteiger partial charge in [-0.05, 0) is 41.5 Å². The quantitative estimate of drug-likeness (QED) is 0.490. The van der Waals surface area contributed by atoms with E-state index in [0.29, 0.717) is 52.4 Å². The van der Waals surface area contributed by atoms with Gasteiger partial charge in [-0.2, -0.15) is 8.42 Å². The van der Waals surface area contributed by atoms with Crippen LogP contribution in [0.2, 0.25) is 0 Å². The third-order valence-corrected chi connectivity index (χ3v) is 5.76. The van der Waals surface area contributed by atoms with Gasteiger partial charge in [0.15, 0.2) is 0 Å². The zero-order valence-electron chi connectivity index (χ0n) is 23.0. The van der Waals surface area contributed by atoms with Crippen molar-refractivity contribution < 1.29 is 36.8 Å². The molecule has 2 aliphatic rings. The van der Waals surface area contributed by atoms with Gasteiger partial charge in [-0.25, -0.2) is 9.59 Å². The number of aliphatic hydroxyl groups excluding tert-OH is 1. The lowest BCUT2D eigenvalue weighted by molar-refractivity contribution is 0.0126. The molecule has 0 aromatic rings. The number of rotatable bonds is 6. The van der Waals surface area contributed by atoms with Crippen LogP contribution >= 0.6 is 0 Å². The molecule has 2 saturated heterocycles. The van der Waals surface area contributed by atoms with Gasteiger partial charge in [0.05, 0.1) is 19.5 Å². The van der Waals surface area contributed by atoms with E-state index in [1.165, 1.54) is 0 Å². The third-order valence-electron chi connectivity index (χ3n) is 5.17. The van der Waals surface area contributed by atoms with E-state index in [-0.39, 0.29) is 25.4 Å². The second-order valence-corrected chi connectivity index (χ2v) is 12.5. The number of hydrogen-bond acceptors (Lipinski definition) is 10. The highest BCUT2D eigenvalue weighted by Gasteiger charge is 2.26. The minimum atomic E-state index is -3.38. The van der Waals surface area contributed by atoms with Crippen molar-refractivity contribution >= 4 is 22.3 Å². The molecule has 0 aromatic carbocycles. The first-order chi connectivity index (χ1) is 16.5. The number of piperazine rings is 2. The lowest BCUT2D eigenvalue weighted by atomic mass is 10.2. The van der Waals surface area contributed by atoms with Crippen LogP contribution in [0.25, 0.3) is 0 Å². The van der Waals surface area contributed by atoms with Gasteiger partial charge in [-0.1, -0.05) is 0 Å². The average Bonchev–Trinajstić information content (AvgIpc) is 2.72. The second kappa shape index (κ2) is 14.3. The molecule has 0 saturated carbocycles. The summed E-state index contributed by atoms with van der Waals surface area (Å²) < 4.78 is 37.0. The van der Waals surface area contributed by atoms with Crippen molar-refractivity contribution in [3.63, 3.8) is 0 Å². The number of ether oxygens (including phenoxy) is 2. The van der Waals surface area contributed by atoms with Crippen LogP contribution in [0.15, 0.2) is 0 Å². The van der Waals surface area contributed by atoms with Gasteiger partial charge in [0.25, 0.3) is 10.1 Å². The normalized spacial score (nSPS) is 18.3. The van der Waals surface area contributed by atoms with Gasteiger partial charge in [-0.3, -0.25) is 14.0 Å². The smallest absolute Gasteiger partial charge is 0.410 e. The summed E-state index contributed by atoms with van der Waals surface area (Å²) >= 11 is 0. The van der Waals surface area contributed by atoms with Crippen LogP contribution in [-0.4, -0.2) is 141 Å². The molecule has 0 aromatic heterocycles. The molecule has 212 valence electrons. The number of nitrogens with zero attached hydrogens (tertiary/aromatic N) is 4. The Bertz CT molecular complexity index is 779. The molecule has 2 rings (SSSR count). The molecule has 0 radical (unpaired) electrons. The van der Waals surface area contributed by atoms with E-state index in [2.05, 4.69) is 9.80 Å². The van der Waals surface area contributed by atoms with E-state index in [1.807, 2.05) is 41.5 Å². The maximum Gasteiger partial charge on any atom is 0.410 e. The van der Waals surface area contributed by atoms with Crippen LogP contribution < -0.4 is 0 Å². The first-order valence-electron chi connectivity index (χ1n) is 12.3. The van der Waals surface area contributed by atoms with Crippen molar-refractivity contribution in [2.24, 2.45) is 0 Å². The predicted octanol–water partition coefficient (Wildman–Crippen LogP) is 1.05. The van der Waals surface area contributed by atoms with Crippen LogP contribution in [0.5, 0.6) is 0 Å². The van der Waals surface area contributed by atoms with Crippen LogP contribution in [0.4, 0.5) is 9.59 Å². The van der Waals surface area contributed by atoms with E-state index in [1.54, 1.807) is 9.80 Å². The number of β-amino-alcohol motifs (C(OH)–C–C–N with tert-alkyl or cyclic N) is 1. The Kier molecular flexibility index (Phi) is 12.9. The number of carbonyl (C=O) groups is 2. The fourth-order valence-corrected chi connectivity index (χ4v) is 3.80. The molecule has 2 fully saturated rings. The molecule has 12 nitrogen and oxygen atoms in total. The van der Waals surface area contributed by atoms with Crippen LogP contribution in [-0.2, 0) is 23.8 Å². The van der Waals surface area contributed by atoms with Crippen molar-refractivity contribution in [3.05, 3.63) is 0 Å². The van der Waals surface area contributed by atoms with E-state index < -0.39 is 21.3 Å². The molecule has 0 aliphatic carbocycles. The molecular weight excluding hydrogens is 492 g/mol. The summed E-state index contributed by atoms with van der Waals surface area (Å²) in [5.74, 6) is 0. The predicted molar refractivity (Wildman–Crippen MR) is 136 cm³/mol. The summed E-state index contributed by atoms with van der Waals surface area (Å²) in [5, 5.41) is 8.80. The summed E-state index contributed by atoms with van der Waals surface area (Å²) in [6, 6.07) is 0. The first-order valence-corrected chi connectivity index (χ1v) is 14.2. The van der Waals surface area contributed by atoms with E-state index in [0.717, 1.165) is 19.3 Å². The highest BCUT2D eigenvalue weighted by Crippen LogP contribution is 2.13. The van der Waals surface area contributed by atoms with Crippen molar-refractivity contribution in [1.82, 2.24) is 19.6 Å². The van der Waals surface area contributed by atoms with E-state index >= 15 is 0 Å². The molecule has 13 heteroatoms. The molecule has 2 aliphatic heterocycles. The van der Waals surface area contributed by atoms with Gasteiger partial charge >= 0.3 is 12.2 Å². The lowest BCUT2D eigenvalue weighted by Gasteiger charge is -2.35. The minimum Gasteiger partial charge on any atom is -0.444 e. The first kappa shape index (κ1) is 32.4. The monoisotopic (exact) mass is 538 g/mol. The van der Waals surface area contributed by atoms with E-state index in [9.17, 15) is 18.0 Å². The minimum absolute atomic E-state index is 0.144. The Morgan fingerprint density at radius 3 is 1.39 bits per heavy atom. The van der Waals surface area contributed by atoms with E-state index in [4.69, 9.17) is 18.8 Å². The van der Waals surface area contributed by atoms with Gasteiger partial charge in [0, 0.05) is 65.4 Å². The Morgan fingerprint density at radius 1 is 0.722 bits per heavy atom. The van der Waals surface area contributed by atoms with Gasteiger partial charge in [0.2, 0.25) is 0 Å². The van der Waals surface area contributed by atoms with Crippen LogP contribution in [0, 0.1) is 0 Å². The van der Waals surface area contributed by atoms with Crippen molar-refractivity contribution in [3.8, 4) is 0 Å². The topological polar surface area (TPSA) is 129 Å². The maximum atomic E-state index is 11.8. The SMILES string of the molecule is CC(C)(C)OC(=O)N1CCN(CCO)CC1.CC(C)(C)OC(=O)N1CCN(CCOS(C)(=O)=O)CC1. The van der Waals surface area contributed by atoms with Crippen LogP contribution in [0.1, 0.15) is 41.5 Å². The largest absolute Gasteiger partial charge is 0.444 e. The highest BCUT2D eigenvalue weighted by molar-refractivity contribution is 7.85. The molecular formula is C23H46N4O8S. The van der Waals surface area contributed by atoms with Crippen molar-refractivity contribution in [1.29, 1.82) is 0 Å². The Hall–Kier alpha value is -1.67. The summed E-state index contributed by atoms with van der Waals surface area (Å²) in [6.45, 7) is 18.1. The standard InChI is InChI=1S/C12H24N2O5S.C11H22N2O3/c1-12(2,3)19-11(15)14-7-5-13(6-8-14)9-10-18-20(4,16)17;1-11(2,3)16-10(15)13-6-4-12(5-7-13)8-9-14/h5-10H2,1-4H3;14H,4-9H2,1-3H3. The Balaban J connectivity index is 0.000000369. The van der Waals surface area contributed by atoms with Gasteiger partial charge in [0.1, 0.15) is 11.2 Å². The molecule has 0 atom stereocenters. The average molecular weight is 539 g/mol. The molecule has 0 unspecified atom stereocenters.